The molecule has 0 radical (unpaired) electrons. The Hall–Kier alpha value is -3.64. The van der Waals surface area contributed by atoms with Crippen LogP contribution in [0.3, 0.4) is 0 Å². The first kappa shape index (κ1) is 32.3. The molecule has 1 heterocycles. The van der Waals surface area contributed by atoms with Crippen LogP contribution in [-0.2, 0) is 20.9 Å². The van der Waals surface area contributed by atoms with Crippen LogP contribution in [0.5, 0.6) is 11.5 Å². The van der Waals surface area contributed by atoms with Crippen LogP contribution >= 0.6 is 51.3 Å². The number of esters is 1. The molecule has 0 spiro atoms. The highest BCUT2D eigenvalue weighted by Crippen LogP contribution is 2.33. The molecule has 0 saturated heterocycles. The smallest absolute Gasteiger partial charge is 0.338 e. The molecule has 3 N–H and O–H groups in total. The van der Waals surface area contributed by atoms with E-state index in [4.69, 9.17) is 49.6 Å². The van der Waals surface area contributed by atoms with Gasteiger partial charge in [0.05, 0.1) is 24.4 Å². The number of benzene rings is 3. The second-order valence-electron chi connectivity index (χ2n) is 9.12. The molecule has 4 rings (SSSR count). The third-order valence-electron chi connectivity index (χ3n) is 6.12. The highest BCUT2D eigenvalue weighted by molar-refractivity contribution is 9.10. The lowest BCUT2D eigenvalue weighted by Gasteiger charge is -2.30. The summed E-state index contributed by atoms with van der Waals surface area (Å²) in [5.41, 5.74) is 5.40. The molecule has 0 bridgehead atoms. The van der Waals surface area contributed by atoms with Crippen LogP contribution in [0.2, 0.25) is 10.0 Å². The summed E-state index contributed by atoms with van der Waals surface area (Å²) in [5, 5.41) is 11.5. The van der Waals surface area contributed by atoms with Crippen molar-refractivity contribution in [1.82, 2.24) is 16.1 Å². The van der Waals surface area contributed by atoms with Crippen molar-refractivity contribution in [3.8, 4) is 11.5 Å². The second kappa shape index (κ2) is 15.2. The van der Waals surface area contributed by atoms with Crippen LogP contribution in [0.1, 0.15) is 36.6 Å². The van der Waals surface area contributed by atoms with Crippen molar-refractivity contribution < 1.29 is 23.8 Å². The van der Waals surface area contributed by atoms with Gasteiger partial charge in [-0.05, 0) is 62.5 Å². The second-order valence-corrected chi connectivity index (χ2v) is 11.3. The molecule has 0 aliphatic carbocycles. The highest BCUT2D eigenvalue weighted by Gasteiger charge is 2.32. The van der Waals surface area contributed by atoms with E-state index in [9.17, 15) is 9.59 Å². The van der Waals surface area contributed by atoms with Crippen molar-refractivity contribution in [2.24, 2.45) is 5.10 Å². The summed E-state index contributed by atoms with van der Waals surface area (Å²) in [7, 11) is 0. The molecule has 3 aromatic carbocycles. The van der Waals surface area contributed by atoms with E-state index in [1.165, 1.54) is 6.21 Å². The van der Waals surface area contributed by atoms with Gasteiger partial charge in [-0.2, -0.15) is 5.10 Å². The molecule has 3 aromatic rings. The van der Waals surface area contributed by atoms with E-state index in [1.54, 1.807) is 68.4 Å². The predicted molar refractivity (Wildman–Crippen MR) is 174 cm³/mol. The molecule has 0 fully saturated rings. The number of para-hydroxylation sites is 1. The number of rotatable bonds is 11. The van der Waals surface area contributed by atoms with Crippen molar-refractivity contribution in [3.63, 3.8) is 0 Å². The highest BCUT2D eigenvalue weighted by atomic mass is 79.9. The number of carbonyl (C=O) groups is 2. The van der Waals surface area contributed by atoms with E-state index in [1.807, 2.05) is 6.07 Å². The monoisotopic (exact) mass is 704 g/mol. The van der Waals surface area contributed by atoms with E-state index in [0.717, 1.165) is 10.0 Å². The largest absolute Gasteiger partial charge is 0.488 e. The SMILES string of the molecule is CCOC(=O)C1=C(C)NC(=S)N[C@H]1c1ccccc1OCC(=O)NN=Cc1cc(Br)ccc1OCc1ccc(Cl)cc1Cl. The molecule has 13 heteroatoms. The Balaban J connectivity index is 1.41. The van der Waals surface area contributed by atoms with E-state index in [0.29, 0.717) is 49.1 Å². The molecule has 9 nitrogen and oxygen atoms in total. The zero-order valence-electron chi connectivity index (χ0n) is 23.1. The maximum Gasteiger partial charge on any atom is 0.338 e. The van der Waals surface area contributed by atoms with Gasteiger partial charge in [0.2, 0.25) is 0 Å². The summed E-state index contributed by atoms with van der Waals surface area (Å²) >= 11 is 21.0. The minimum atomic E-state index is -0.636. The van der Waals surface area contributed by atoms with Crippen molar-refractivity contribution in [2.75, 3.05) is 13.2 Å². The summed E-state index contributed by atoms with van der Waals surface area (Å²) < 4.78 is 17.9. The van der Waals surface area contributed by atoms with Gasteiger partial charge in [0, 0.05) is 36.9 Å². The summed E-state index contributed by atoms with van der Waals surface area (Å²) in [6.45, 7) is 3.57. The van der Waals surface area contributed by atoms with Crippen molar-refractivity contribution >= 4 is 74.6 Å². The molecular weight excluding hydrogens is 679 g/mol. The number of hydrazone groups is 1. The van der Waals surface area contributed by atoms with E-state index >= 15 is 0 Å². The Morgan fingerprint density at radius 3 is 2.65 bits per heavy atom. The number of carbonyl (C=O) groups excluding carboxylic acids is 2. The fourth-order valence-corrected chi connectivity index (χ4v) is 5.27. The summed E-state index contributed by atoms with van der Waals surface area (Å²) in [6, 6.07) is 17.0. The van der Waals surface area contributed by atoms with Crippen LogP contribution in [0.4, 0.5) is 0 Å². The number of nitrogens with zero attached hydrogens (tertiary/aromatic N) is 1. The van der Waals surface area contributed by atoms with Crippen molar-refractivity contribution in [3.05, 3.63) is 103 Å². The number of allylic oxidation sites excluding steroid dienone is 1. The number of thiocarbonyl (C=S) groups is 1. The van der Waals surface area contributed by atoms with Gasteiger partial charge in [-0.3, -0.25) is 4.79 Å². The first-order chi connectivity index (χ1) is 20.7. The number of amides is 1. The molecule has 224 valence electrons. The van der Waals surface area contributed by atoms with Crippen LogP contribution in [0, 0.1) is 0 Å². The first-order valence-electron chi connectivity index (χ1n) is 13.0. The molecule has 1 amide bonds. The molecule has 1 aliphatic heterocycles. The quantitative estimate of drug-likeness (QED) is 0.0934. The molecule has 43 heavy (non-hydrogen) atoms. The lowest BCUT2D eigenvalue weighted by atomic mass is 9.95. The molecular formula is C30H27BrCl2N4O5S. The van der Waals surface area contributed by atoms with Crippen LogP contribution in [-0.4, -0.2) is 36.4 Å². The Labute approximate surface area is 272 Å². The number of hydrogen-bond acceptors (Lipinski definition) is 7. The fraction of sp³-hybridized carbons (Fsp3) is 0.200. The minimum absolute atomic E-state index is 0.210. The Morgan fingerprint density at radius 1 is 1.09 bits per heavy atom. The Bertz CT molecular complexity index is 1600. The standard InChI is InChI=1S/C30H27BrCl2N4O5S/c1-3-40-29(39)27-17(2)35-30(43)36-28(27)22-6-4-5-7-25(22)42-16-26(38)37-34-14-19-12-20(31)9-11-24(19)41-15-18-8-10-21(32)13-23(18)33/h4-14,28H,3,15-16H2,1-2H3,(H,37,38)(H2,35,36,43)/t28-/m0/s1. The number of halogens is 3. The zero-order valence-corrected chi connectivity index (χ0v) is 27.0. The molecule has 0 unspecified atom stereocenters. The maximum absolute atomic E-state index is 12.8. The number of nitrogens with one attached hydrogen (secondary N) is 3. The number of ether oxygens (including phenoxy) is 3. The summed E-state index contributed by atoms with van der Waals surface area (Å²) in [6.07, 6.45) is 1.47. The lowest BCUT2D eigenvalue weighted by Crippen LogP contribution is -2.45. The molecule has 1 aliphatic rings. The van der Waals surface area contributed by atoms with Crippen LogP contribution in [0.25, 0.3) is 0 Å². The van der Waals surface area contributed by atoms with Gasteiger partial charge in [0.15, 0.2) is 11.7 Å². The van der Waals surface area contributed by atoms with E-state index in [2.05, 4.69) is 37.1 Å². The maximum atomic E-state index is 12.8. The van der Waals surface area contributed by atoms with Gasteiger partial charge in [0.1, 0.15) is 18.1 Å². The summed E-state index contributed by atoms with van der Waals surface area (Å²) in [4.78, 5) is 25.4. The Morgan fingerprint density at radius 2 is 1.88 bits per heavy atom. The van der Waals surface area contributed by atoms with Gasteiger partial charge in [-0.1, -0.05) is 63.4 Å². The van der Waals surface area contributed by atoms with Crippen LogP contribution in [0.15, 0.2) is 81.5 Å². The zero-order chi connectivity index (χ0) is 30.9. The predicted octanol–water partition coefficient (Wildman–Crippen LogP) is 6.22. The minimum Gasteiger partial charge on any atom is -0.488 e. The fourth-order valence-electron chi connectivity index (χ4n) is 4.15. The lowest BCUT2D eigenvalue weighted by molar-refractivity contribution is -0.139. The van der Waals surface area contributed by atoms with E-state index in [-0.39, 0.29) is 19.8 Å². The van der Waals surface area contributed by atoms with Gasteiger partial charge in [0.25, 0.3) is 5.91 Å². The summed E-state index contributed by atoms with van der Waals surface area (Å²) in [5.74, 6) is -0.0587. The van der Waals surface area contributed by atoms with Crippen molar-refractivity contribution in [2.45, 2.75) is 26.5 Å². The third-order valence-corrected chi connectivity index (χ3v) is 7.42. The van der Waals surface area contributed by atoms with Gasteiger partial charge in [-0.15, -0.1) is 0 Å². The molecule has 1 atom stereocenters. The third kappa shape index (κ3) is 8.70. The van der Waals surface area contributed by atoms with Gasteiger partial charge >= 0.3 is 5.97 Å². The first-order valence-corrected chi connectivity index (χ1v) is 15.0. The topological polar surface area (TPSA) is 110 Å². The normalized spacial score (nSPS) is 14.6. The number of hydrogen-bond donors (Lipinski definition) is 3. The Kier molecular flexibility index (Phi) is 11.4. The molecule has 0 aromatic heterocycles. The van der Waals surface area contributed by atoms with Gasteiger partial charge in [-0.25, -0.2) is 10.2 Å². The average Bonchev–Trinajstić information content (AvgIpc) is 2.96. The average molecular weight is 706 g/mol. The van der Waals surface area contributed by atoms with Crippen molar-refractivity contribution in [1.29, 1.82) is 0 Å². The molecule has 0 saturated carbocycles. The van der Waals surface area contributed by atoms with Gasteiger partial charge < -0.3 is 24.8 Å². The van der Waals surface area contributed by atoms with Crippen LogP contribution < -0.4 is 25.5 Å². The van der Waals surface area contributed by atoms with E-state index < -0.39 is 17.9 Å².